The topological polar surface area (TPSA) is 49.4 Å². The van der Waals surface area contributed by atoms with E-state index in [0.29, 0.717) is 0 Å². The van der Waals surface area contributed by atoms with Gasteiger partial charge in [-0.1, -0.05) is 42.0 Å². The van der Waals surface area contributed by atoms with Gasteiger partial charge in [-0.25, -0.2) is 17.5 Å². The van der Waals surface area contributed by atoms with E-state index in [1.165, 1.54) is 12.1 Å². The minimum atomic E-state index is -3.57. The van der Waals surface area contributed by atoms with Crippen LogP contribution in [0.3, 0.4) is 0 Å². The molecule has 0 bridgehead atoms. The predicted octanol–water partition coefficient (Wildman–Crippen LogP) is 3.33. The molecule has 0 saturated heterocycles. The van der Waals surface area contributed by atoms with E-state index >= 15 is 0 Å². The maximum Gasteiger partial charge on any atom is 0.233 e. The Hall–Kier alpha value is -2.02. The summed E-state index contributed by atoms with van der Waals surface area (Å²) in [6, 6.07) is 13.5. The standard InChI is InChI=1S/C19H23FN2O2S/c1-15-4-6-16(7-5-15)12-13-25(23,24)21-14-19(22(2)3)17-8-10-18(20)11-9-17/h4-13,19,21H,14H2,1-3H3/b13-12+/t19-/m1/s1. The summed E-state index contributed by atoms with van der Waals surface area (Å²) in [6.45, 7) is 2.17. The van der Waals surface area contributed by atoms with Gasteiger partial charge in [0, 0.05) is 18.0 Å². The Labute approximate surface area is 149 Å². The molecule has 1 N–H and O–H groups in total. The molecule has 0 aromatic heterocycles. The Balaban J connectivity index is 2.05. The van der Waals surface area contributed by atoms with E-state index in [1.807, 2.05) is 50.2 Å². The molecule has 2 aromatic carbocycles. The van der Waals surface area contributed by atoms with Crippen molar-refractivity contribution in [3.63, 3.8) is 0 Å². The average Bonchev–Trinajstić information content (AvgIpc) is 2.56. The molecule has 25 heavy (non-hydrogen) atoms. The fourth-order valence-electron chi connectivity index (χ4n) is 2.37. The van der Waals surface area contributed by atoms with Gasteiger partial charge in [-0.3, -0.25) is 0 Å². The molecule has 0 fully saturated rings. The summed E-state index contributed by atoms with van der Waals surface area (Å²) in [6.07, 6.45) is 1.56. The lowest BCUT2D eigenvalue weighted by Gasteiger charge is -2.24. The van der Waals surface area contributed by atoms with Crippen LogP contribution in [-0.4, -0.2) is 34.0 Å². The van der Waals surface area contributed by atoms with Gasteiger partial charge >= 0.3 is 0 Å². The molecule has 0 saturated carbocycles. The minimum Gasteiger partial charge on any atom is -0.301 e. The van der Waals surface area contributed by atoms with Crippen LogP contribution in [0.1, 0.15) is 22.7 Å². The van der Waals surface area contributed by atoms with E-state index in [1.54, 1.807) is 18.2 Å². The predicted molar refractivity (Wildman–Crippen MR) is 100.0 cm³/mol. The summed E-state index contributed by atoms with van der Waals surface area (Å²) in [4.78, 5) is 1.89. The molecule has 2 rings (SSSR count). The summed E-state index contributed by atoms with van der Waals surface area (Å²) in [5.74, 6) is -0.317. The molecule has 0 radical (unpaired) electrons. The van der Waals surface area contributed by atoms with Crippen molar-refractivity contribution < 1.29 is 12.8 Å². The second-order valence-corrected chi connectivity index (χ2v) is 7.79. The van der Waals surface area contributed by atoms with Crippen molar-refractivity contribution in [2.45, 2.75) is 13.0 Å². The van der Waals surface area contributed by atoms with Crippen molar-refractivity contribution in [3.05, 3.63) is 76.4 Å². The summed E-state index contributed by atoms with van der Waals surface area (Å²) >= 11 is 0. The monoisotopic (exact) mass is 362 g/mol. The van der Waals surface area contributed by atoms with E-state index in [0.717, 1.165) is 22.1 Å². The number of rotatable bonds is 7. The van der Waals surface area contributed by atoms with E-state index < -0.39 is 10.0 Å². The molecule has 6 heteroatoms. The molecule has 2 aromatic rings. The first-order valence-corrected chi connectivity index (χ1v) is 9.48. The van der Waals surface area contributed by atoms with Crippen molar-refractivity contribution >= 4 is 16.1 Å². The molecule has 1 atom stereocenters. The molecule has 0 amide bonds. The number of hydrogen-bond acceptors (Lipinski definition) is 3. The Morgan fingerprint density at radius 2 is 1.68 bits per heavy atom. The highest BCUT2D eigenvalue weighted by molar-refractivity contribution is 7.92. The van der Waals surface area contributed by atoms with Crippen LogP contribution in [-0.2, 0) is 10.0 Å². The number of aryl methyl sites for hydroxylation is 1. The van der Waals surface area contributed by atoms with E-state index in [2.05, 4.69) is 4.72 Å². The lowest BCUT2D eigenvalue weighted by Crippen LogP contribution is -2.33. The van der Waals surface area contributed by atoms with Crippen LogP contribution >= 0.6 is 0 Å². The zero-order chi connectivity index (χ0) is 18.4. The van der Waals surface area contributed by atoms with Gasteiger partial charge in [0.05, 0.1) is 0 Å². The lowest BCUT2D eigenvalue weighted by atomic mass is 10.1. The molecule has 4 nitrogen and oxygen atoms in total. The zero-order valence-corrected chi connectivity index (χ0v) is 15.4. The molecule has 0 unspecified atom stereocenters. The number of halogens is 1. The first-order valence-electron chi connectivity index (χ1n) is 7.93. The molecular weight excluding hydrogens is 339 g/mol. The normalized spacial score (nSPS) is 13.5. The Morgan fingerprint density at radius 3 is 2.24 bits per heavy atom. The average molecular weight is 362 g/mol. The third-order valence-corrected chi connectivity index (χ3v) is 4.94. The molecule has 0 spiro atoms. The Morgan fingerprint density at radius 1 is 1.08 bits per heavy atom. The van der Waals surface area contributed by atoms with Gasteiger partial charge in [0.25, 0.3) is 0 Å². The van der Waals surface area contributed by atoms with Crippen LogP contribution in [0.15, 0.2) is 53.9 Å². The number of nitrogens with one attached hydrogen (secondary N) is 1. The second kappa shape index (κ2) is 8.38. The van der Waals surface area contributed by atoms with Gasteiger partial charge in [0.15, 0.2) is 0 Å². The van der Waals surface area contributed by atoms with Gasteiger partial charge in [0.1, 0.15) is 5.82 Å². The van der Waals surface area contributed by atoms with Crippen LogP contribution in [0.4, 0.5) is 4.39 Å². The van der Waals surface area contributed by atoms with Crippen LogP contribution < -0.4 is 4.72 Å². The molecule has 134 valence electrons. The van der Waals surface area contributed by atoms with Crippen molar-refractivity contribution in [1.29, 1.82) is 0 Å². The first kappa shape index (κ1) is 19.3. The van der Waals surface area contributed by atoms with Crippen LogP contribution in [0.5, 0.6) is 0 Å². The molecule has 0 heterocycles. The fraction of sp³-hybridized carbons (Fsp3) is 0.263. The van der Waals surface area contributed by atoms with Gasteiger partial charge < -0.3 is 4.90 Å². The quantitative estimate of drug-likeness (QED) is 0.822. The van der Waals surface area contributed by atoms with Gasteiger partial charge in [-0.05, 0) is 50.4 Å². The van der Waals surface area contributed by atoms with Crippen molar-refractivity contribution in [1.82, 2.24) is 9.62 Å². The fourth-order valence-corrected chi connectivity index (χ4v) is 3.20. The van der Waals surface area contributed by atoms with Gasteiger partial charge in [-0.2, -0.15) is 0 Å². The van der Waals surface area contributed by atoms with Crippen molar-refractivity contribution in [2.75, 3.05) is 20.6 Å². The highest BCUT2D eigenvalue weighted by atomic mass is 32.2. The van der Waals surface area contributed by atoms with Gasteiger partial charge in [-0.15, -0.1) is 0 Å². The minimum absolute atomic E-state index is 0.192. The third-order valence-electron chi connectivity index (χ3n) is 3.87. The van der Waals surface area contributed by atoms with E-state index in [-0.39, 0.29) is 18.4 Å². The summed E-state index contributed by atoms with van der Waals surface area (Å²) < 4.78 is 40.1. The summed E-state index contributed by atoms with van der Waals surface area (Å²) in [7, 11) is 0.137. The summed E-state index contributed by atoms with van der Waals surface area (Å²) in [5, 5.41) is 1.16. The number of benzene rings is 2. The smallest absolute Gasteiger partial charge is 0.233 e. The Bertz CT molecular complexity index is 814. The highest BCUT2D eigenvalue weighted by Gasteiger charge is 2.16. The first-order chi connectivity index (χ1) is 11.8. The van der Waals surface area contributed by atoms with Crippen LogP contribution in [0, 0.1) is 12.7 Å². The number of sulfonamides is 1. The molecule has 0 aliphatic carbocycles. The zero-order valence-electron chi connectivity index (χ0n) is 14.6. The lowest BCUT2D eigenvalue weighted by molar-refractivity contribution is 0.299. The van der Waals surface area contributed by atoms with Crippen LogP contribution in [0.25, 0.3) is 6.08 Å². The third kappa shape index (κ3) is 6.08. The highest BCUT2D eigenvalue weighted by Crippen LogP contribution is 2.18. The molecular formula is C19H23FN2O2S. The number of hydrogen-bond donors (Lipinski definition) is 1. The Kier molecular flexibility index (Phi) is 6.47. The van der Waals surface area contributed by atoms with Crippen molar-refractivity contribution in [2.24, 2.45) is 0 Å². The number of likely N-dealkylation sites (N-methyl/N-ethyl adjacent to an activating group) is 1. The second-order valence-electron chi connectivity index (χ2n) is 6.14. The largest absolute Gasteiger partial charge is 0.301 e. The maximum absolute atomic E-state index is 13.1. The molecule has 0 aliphatic heterocycles. The number of nitrogens with zero attached hydrogens (tertiary/aromatic N) is 1. The molecule has 0 aliphatic rings. The van der Waals surface area contributed by atoms with Crippen LogP contribution in [0.2, 0.25) is 0 Å². The van der Waals surface area contributed by atoms with Crippen molar-refractivity contribution in [3.8, 4) is 0 Å². The van der Waals surface area contributed by atoms with E-state index in [4.69, 9.17) is 0 Å². The SMILES string of the molecule is Cc1ccc(/C=C/S(=O)(=O)NC[C@H](c2ccc(F)cc2)N(C)C)cc1. The summed E-state index contributed by atoms with van der Waals surface area (Å²) in [5.41, 5.74) is 2.78. The maximum atomic E-state index is 13.1. The van der Waals surface area contributed by atoms with Gasteiger partial charge in [0.2, 0.25) is 10.0 Å². The van der Waals surface area contributed by atoms with E-state index in [9.17, 15) is 12.8 Å².